The molecule has 2 aromatic heterocycles. The van der Waals surface area contributed by atoms with Gasteiger partial charge in [0.1, 0.15) is 5.58 Å². The van der Waals surface area contributed by atoms with Gasteiger partial charge in [-0.25, -0.2) is 0 Å². The monoisotopic (exact) mass is 391 g/mol. The highest BCUT2D eigenvalue weighted by Gasteiger charge is 2.22. The number of benzene rings is 4. The maximum absolute atomic E-state index is 6.37. The van der Waals surface area contributed by atoms with E-state index in [1.165, 1.54) is 48.8 Å². The SMILES string of the molecule is c1ccc2c(c1)oc1c(-n3c4ccccc4c4c5c(ccc43)CCS5)cccc12. The smallest absolute Gasteiger partial charge is 0.159 e. The van der Waals surface area contributed by atoms with Crippen molar-refractivity contribution in [2.75, 3.05) is 5.75 Å². The van der Waals surface area contributed by atoms with Crippen LogP contribution in [0.5, 0.6) is 0 Å². The minimum atomic E-state index is 0.937. The summed E-state index contributed by atoms with van der Waals surface area (Å²) < 4.78 is 8.76. The molecule has 0 unspecified atom stereocenters. The zero-order valence-corrected chi connectivity index (χ0v) is 16.5. The predicted octanol–water partition coefficient (Wildman–Crippen LogP) is 7.33. The van der Waals surface area contributed by atoms with Gasteiger partial charge in [-0.1, -0.05) is 54.6 Å². The number of furan rings is 1. The van der Waals surface area contributed by atoms with Gasteiger partial charge in [-0.3, -0.25) is 0 Å². The molecule has 1 aliphatic rings. The van der Waals surface area contributed by atoms with Crippen LogP contribution in [-0.2, 0) is 6.42 Å². The van der Waals surface area contributed by atoms with Crippen LogP contribution in [0.3, 0.4) is 0 Å². The van der Waals surface area contributed by atoms with Crippen molar-refractivity contribution in [3.63, 3.8) is 0 Å². The number of hydrogen-bond donors (Lipinski definition) is 0. The van der Waals surface area contributed by atoms with Gasteiger partial charge in [-0.2, -0.15) is 0 Å². The Morgan fingerprint density at radius 2 is 1.55 bits per heavy atom. The van der Waals surface area contributed by atoms with E-state index in [0.29, 0.717) is 0 Å². The van der Waals surface area contributed by atoms with Crippen LogP contribution in [0.4, 0.5) is 0 Å². The molecule has 7 rings (SSSR count). The molecule has 0 saturated heterocycles. The molecule has 3 heterocycles. The summed E-state index contributed by atoms with van der Waals surface area (Å²) in [6.07, 6.45) is 1.16. The van der Waals surface area contributed by atoms with Gasteiger partial charge in [0.25, 0.3) is 0 Å². The Hall–Kier alpha value is -3.17. The van der Waals surface area contributed by atoms with Gasteiger partial charge in [0.2, 0.25) is 0 Å². The van der Waals surface area contributed by atoms with Crippen LogP contribution < -0.4 is 0 Å². The predicted molar refractivity (Wildman–Crippen MR) is 122 cm³/mol. The van der Waals surface area contributed by atoms with Crippen molar-refractivity contribution >= 4 is 55.5 Å². The van der Waals surface area contributed by atoms with E-state index >= 15 is 0 Å². The molecule has 138 valence electrons. The van der Waals surface area contributed by atoms with Crippen LogP contribution in [0, 0.1) is 0 Å². The fourth-order valence-electron chi connectivity index (χ4n) is 4.86. The van der Waals surface area contributed by atoms with Crippen molar-refractivity contribution in [3.05, 3.63) is 84.4 Å². The Morgan fingerprint density at radius 3 is 2.52 bits per heavy atom. The standard InChI is InChI=1S/C26H17NOS/c1-3-9-20-19(7-1)24-21(13-12-16-14-15-29-26(16)24)27(20)22-10-5-8-18-17-6-2-4-11-23(17)28-25(18)22/h1-13H,14-15H2. The molecule has 0 saturated carbocycles. The number of hydrogen-bond acceptors (Lipinski definition) is 2. The van der Waals surface area contributed by atoms with Crippen LogP contribution >= 0.6 is 11.8 Å². The second-order valence-electron chi connectivity index (χ2n) is 7.65. The van der Waals surface area contributed by atoms with E-state index in [2.05, 4.69) is 77.4 Å². The second-order valence-corrected chi connectivity index (χ2v) is 8.76. The summed E-state index contributed by atoms with van der Waals surface area (Å²) in [7, 11) is 0. The highest BCUT2D eigenvalue weighted by molar-refractivity contribution is 7.99. The summed E-state index contributed by atoms with van der Waals surface area (Å²) in [5.74, 6) is 1.17. The van der Waals surface area contributed by atoms with Gasteiger partial charge in [-0.15, -0.1) is 11.8 Å². The fourth-order valence-corrected chi connectivity index (χ4v) is 6.11. The third-order valence-electron chi connectivity index (χ3n) is 6.11. The normalized spacial score (nSPS) is 13.8. The third-order valence-corrected chi connectivity index (χ3v) is 7.28. The number of rotatable bonds is 1. The highest BCUT2D eigenvalue weighted by atomic mass is 32.2. The Kier molecular flexibility index (Phi) is 3.08. The third kappa shape index (κ3) is 2.03. The van der Waals surface area contributed by atoms with Crippen LogP contribution in [-0.4, -0.2) is 10.3 Å². The molecule has 6 aromatic rings. The first-order chi connectivity index (χ1) is 14.4. The molecule has 3 heteroatoms. The van der Waals surface area contributed by atoms with E-state index in [0.717, 1.165) is 23.3 Å². The molecule has 1 aliphatic heterocycles. The first kappa shape index (κ1) is 15.7. The molecular formula is C26H17NOS. The maximum Gasteiger partial charge on any atom is 0.159 e. The molecule has 4 aromatic carbocycles. The van der Waals surface area contributed by atoms with Crippen molar-refractivity contribution in [2.24, 2.45) is 0 Å². The lowest BCUT2D eigenvalue weighted by Gasteiger charge is -2.09. The van der Waals surface area contributed by atoms with Gasteiger partial charge in [0.15, 0.2) is 5.58 Å². The number of thioether (sulfide) groups is 1. The first-order valence-electron chi connectivity index (χ1n) is 9.98. The summed E-state index contributed by atoms with van der Waals surface area (Å²) in [5.41, 5.74) is 6.96. The topological polar surface area (TPSA) is 18.1 Å². The van der Waals surface area contributed by atoms with Crippen molar-refractivity contribution in [2.45, 2.75) is 11.3 Å². The minimum absolute atomic E-state index is 0.937. The number of aryl methyl sites for hydroxylation is 1. The molecule has 29 heavy (non-hydrogen) atoms. The van der Waals surface area contributed by atoms with Crippen molar-refractivity contribution in [1.29, 1.82) is 0 Å². The lowest BCUT2D eigenvalue weighted by molar-refractivity contribution is 0.666. The maximum atomic E-state index is 6.37. The number of aromatic nitrogens is 1. The van der Waals surface area contributed by atoms with E-state index in [-0.39, 0.29) is 0 Å². The highest BCUT2D eigenvalue weighted by Crippen LogP contribution is 2.44. The quantitative estimate of drug-likeness (QED) is 0.292. The van der Waals surface area contributed by atoms with Crippen molar-refractivity contribution < 1.29 is 4.42 Å². The van der Waals surface area contributed by atoms with Crippen molar-refractivity contribution in [3.8, 4) is 5.69 Å². The minimum Gasteiger partial charge on any atom is -0.454 e. The Balaban J connectivity index is 1.69. The lowest BCUT2D eigenvalue weighted by Crippen LogP contribution is -1.94. The molecule has 2 nitrogen and oxygen atoms in total. The molecule has 0 bridgehead atoms. The van der Waals surface area contributed by atoms with Gasteiger partial charge in [0, 0.05) is 32.2 Å². The summed E-state index contributed by atoms with van der Waals surface area (Å²) in [4.78, 5) is 1.45. The van der Waals surface area contributed by atoms with Crippen LogP contribution in [0.1, 0.15) is 5.56 Å². The van der Waals surface area contributed by atoms with Crippen molar-refractivity contribution in [1.82, 2.24) is 4.57 Å². The number of fused-ring (bicyclic) bond motifs is 8. The Labute approximate surface area is 171 Å². The van der Waals surface area contributed by atoms with Crippen LogP contribution in [0.25, 0.3) is 49.4 Å². The lowest BCUT2D eigenvalue weighted by atomic mass is 10.1. The van der Waals surface area contributed by atoms with Crippen LogP contribution in [0.15, 0.2) is 88.2 Å². The van der Waals surface area contributed by atoms with E-state index in [4.69, 9.17) is 4.42 Å². The summed E-state index contributed by atoms with van der Waals surface area (Å²) in [6, 6.07) is 28.1. The zero-order chi connectivity index (χ0) is 18.9. The van der Waals surface area contributed by atoms with E-state index in [1.54, 1.807) is 0 Å². The van der Waals surface area contributed by atoms with E-state index in [1.807, 2.05) is 17.8 Å². The number of nitrogens with zero attached hydrogens (tertiary/aromatic N) is 1. The largest absolute Gasteiger partial charge is 0.454 e. The molecule has 0 fully saturated rings. The number of para-hydroxylation sites is 3. The van der Waals surface area contributed by atoms with Gasteiger partial charge >= 0.3 is 0 Å². The van der Waals surface area contributed by atoms with Gasteiger partial charge in [0.05, 0.1) is 16.7 Å². The molecule has 0 radical (unpaired) electrons. The molecule has 0 amide bonds. The van der Waals surface area contributed by atoms with E-state index in [9.17, 15) is 0 Å². The average molecular weight is 391 g/mol. The summed E-state index contributed by atoms with van der Waals surface area (Å²) in [5, 5.41) is 5.04. The van der Waals surface area contributed by atoms with E-state index < -0.39 is 0 Å². The molecule has 0 atom stereocenters. The molecule has 0 aliphatic carbocycles. The van der Waals surface area contributed by atoms with Crippen LogP contribution in [0.2, 0.25) is 0 Å². The van der Waals surface area contributed by atoms with Gasteiger partial charge in [-0.05, 0) is 36.2 Å². The zero-order valence-electron chi connectivity index (χ0n) is 15.7. The second kappa shape index (κ2) is 5.68. The summed E-state index contributed by atoms with van der Waals surface area (Å²) >= 11 is 1.99. The fraction of sp³-hybridized carbons (Fsp3) is 0.0769. The van der Waals surface area contributed by atoms with Gasteiger partial charge < -0.3 is 8.98 Å². The first-order valence-corrected chi connectivity index (χ1v) is 11.0. The molecule has 0 N–H and O–H groups in total. The molecular weight excluding hydrogens is 374 g/mol. The molecule has 0 spiro atoms. The Morgan fingerprint density at radius 1 is 0.724 bits per heavy atom. The summed E-state index contributed by atoms with van der Waals surface area (Å²) in [6.45, 7) is 0. The Bertz CT molecular complexity index is 1590. The average Bonchev–Trinajstić information content (AvgIpc) is 3.46.